The number of amides is 1. The van der Waals surface area contributed by atoms with Gasteiger partial charge < -0.3 is 9.80 Å². The van der Waals surface area contributed by atoms with Crippen molar-refractivity contribution < 1.29 is 4.79 Å². The molecule has 0 unspecified atom stereocenters. The Hall–Kier alpha value is -2.43. The van der Waals surface area contributed by atoms with Crippen LogP contribution in [0.4, 0.5) is 5.82 Å². The van der Waals surface area contributed by atoms with Crippen molar-refractivity contribution in [1.82, 2.24) is 14.9 Å². The van der Waals surface area contributed by atoms with Gasteiger partial charge in [0, 0.05) is 50.3 Å². The number of unbranched alkanes of at least 4 members (excludes halogenated alkanes) is 4. The fourth-order valence-electron chi connectivity index (χ4n) is 4.40. The number of rotatable bonds is 9. The number of benzene rings is 1. The Morgan fingerprint density at radius 2 is 1.71 bits per heavy atom. The molecular formula is C26H38N4O. The molecule has 1 saturated heterocycles. The van der Waals surface area contributed by atoms with Crippen molar-refractivity contribution in [2.24, 2.45) is 0 Å². The molecule has 0 N–H and O–H groups in total. The molecule has 1 amide bonds. The zero-order valence-electron chi connectivity index (χ0n) is 19.6. The molecule has 1 aromatic heterocycles. The summed E-state index contributed by atoms with van der Waals surface area (Å²) in [7, 11) is 0. The lowest BCUT2D eigenvalue weighted by molar-refractivity contribution is -0.131. The van der Waals surface area contributed by atoms with Crippen LogP contribution in [0, 0.1) is 13.8 Å². The number of carbonyl (C=O) groups excluding carboxylic acids is 1. The molecule has 2 heterocycles. The average molecular weight is 423 g/mol. The van der Waals surface area contributed by atoms with Crippen LogP contribution >= 0.6 is 0 Å². The monoisotopic (exact) mass is 422 g/mol. The van der Waals surface area contributed by atoms with Crippen LogP contribution in [0.2, 0.25) is 0 Å². The number of carbonyl (C=O) groups is 1. The lowest BCUT2D eigenvalue weighted by Gasteiger charge is -2.26. The van der Waals surface area contributed by atoms with E-state index in [0.717, 1.165) is 62.8 Å². The van der Waals surface area contributed by atoms with Crippen molar-refractivity contribution >= 4 is 11.7 Å². The third-order valence-electron chi connectivity index (χ3n) is 6.17. The summed E-state index contributed by atoms with van der Waals surface area (Å²) in [6.45, 7) is 9.66. The fraction of sp³-hybridized carbons (Fsp3) is 0.577. The van der Waals surface area contributed by atoms with Crippen LogP contribution in [-0.2, 0) is 11.2 Å². The summed E-state index contributed by atoms with van der Waals surface area (Å²) in [6, 6.07) is 10.5. The van der Waals surface area contributed by atoms with Gasteiger partial charge in [-0.2, -0.15) is 0 Å². The van der Waals surface area contributed by atoms with Gasteiger partial charge in [-0.15, -0.1) is 0 Å². The minimum absolute atomic E-state index is 0.318. The molecule has 31 heavy (non-hydrogen) atoms. The molecule has 0 aliphatic carbocycles. The van der Waals surface area contributed by atoms with E-state index in [0.29, 0.717) is 12.3 Å². The zero-order valence-corrected chi connectivity index (χ0v) is 19.6. The summed E-state index contributed by atoms with van der Waals surface area (Å²) in [5, 5.41) is 0. The third-order valence-corrected chi connectivity index (χ3v) is 6.17. The topological polar surface area (TPSA) is 49.3 Å². The summed E-state index contributed by atoms with van der Waals surface area (Å²) in [4.78, 5) is 26.7. The second-order valence-electron chi connectivity index (χ2n) is 8.71. The molecule has 5 nitrogen and oxygen atoms in total. The maximum atomic E-state index is 12.7. The molecule has 1 aliphatic rings. The highest BCUT2D eigenvalue weighted by atomic mass is 16.2. The molecule has 1 aromatic carbocycles. The molecule has 0 bridgehead atoms. The van der Waals surface area contributed by atoms with Crippen molar-refractivity contribution in [1.29, 1.82) is 0 Å². The highest BCUT2D eigenvalue weighted by Crippen LogP contribution is 2.25. The van der Waals surface area contributed by atoms with Crippen LogP contribution in [0.5, 0.6) is 0 Å². The maximum absolute atomic E-state index is 12.7. The number of hydrogen-bond acceptors (Lipinski definition) is 4. The molecule has 3 rings (SSSR count). The Kier molecular flexibility index (Phi) is 8.86. The highest BCUT2D eigenvalue weighted by Gasteiger charge is 2.22. The molecule has 168 valence electrons. The first-order chi connectivity index (χ1) is 15.1. The highest BCUT2D eigenvalue weighted by molar-refractivity contribution is 5.76. The van der Waals surface area contributed by atoms with Gasteiger partial charge >= 0.3 is 0 Å². The Bertz CT molecular complexity index is 837. The predicted octanol–water partition coefficient (Wildman–Crippen LogP) is 5.08. The fourth-order valence-corrected chi connectivity index (χ4v) is 4.40. The SMILES string of the molecule is CCCCCCCC(=O)N1CCCN(c2nc(C)nc(C)c2Cc2ccccc2)CC1. The van der Waals surface area contributed by atoms with Crippen molar-refractivity contribution in [3.63, 3.8) is 0 Å². The summed E-state index contributed by atoms with van der Waals surface area (Å²) in [6.07, 6.45) is 8.45. The molecule has 5 heteroatoms. The van der Waals surface area contributed by atoms with Gasteiger partial charge in [0.2, 0.25) is 5.91 Å². The van der Waals surface area contributed by atoms with Gasteiger partial charge in [-0.25, -0.2) is 9.97 Å². The predicted molar refractivity (Wildman–Crippen MR) is 128 cm³/mol. The minimum Gasteiger partial charge on any atom is -0.354 e. The van der Waals surface area contributed by atoms with E-state index in [1.54, 1.807) is 0 Å². The summed E-state index contributed by atoms with van der Waals surface area (Å²) < 4.78 is 0. The standard InChI is InChI=1S/C26H38N4O/c1-4-5-6-7-11-15-25(31)29-16-12-17-30(19-18-29)26-24(21(2)27-22(3)28-26)20-23-13-9-8-10-14-23/h8-10,13-14H,4-7,11-12,15-20H2,1-3H3. The first-order valence-electron chi connectivity index (χ1n) is 12.0. The summed E-state index contributed by atoms with van der Waals surface area (Å²) in [5.41, 5.74) is 3.53. The normalized spacial score (nSPS) is 14.5. The van der Waals surface area contributed by atoms with E-state index in [2.05, 4.69) is 52.9 Å². The molecule has 0 spiro atoms. The summed E-state index contributed by atoms with van der Waals surface area (Å²) in [5.74, 6) is 2.18. The quantitative estimate of drug-likeness (QED) is 0.529. The first-order valence-corrected chi connectivity index (χ1v) is 12.0. The van der Waals surface area contributed by atoms with Gasteiger partial charge in [0.1, 0.15) is 11.6 Å². The number of anilines is 1. The second-order valence-corrected chi connectivity index (χ2v) is 8.71. The van der Waals surface area contributed by atoms with Crippen LogP contribution < -0.4 is 4.90 Å². The summed E-state index contributed by atoms with van der Waals surface area (Å²) >= 11 is 0. The van der Waals surface area contributed by atoms with Crippen molar-refractivity contribution in [3.8, 4) is 0 Å². The van der Waals surface area contributed by atoms with Crippen molar-refractivity contribution in [2.75, 3.05) is 31.1 Å². The van der Waals surface area contributed by atoms with E-state index < -0.39 is 0 Å². The van der Waals surface area contributed by atoms with E-state index in [-0.39, 0.29) is 0 Å². The Morgan fingerprint density at radius 3 is 2.48 bits per heavy atom. The Balaban J connectivity index is 1.66. The van der Waals surface area contributed by atoms with Gasteiger partial charge in [0.05, 0.1) is 0 Å². The molecule has 1 aliphatic heterocycles. The molecule has 0 atom stereocenters. The smallest absolute Gasteiger partial charge is 0.222 e. The zero-order chi connectivity index (χ0) is 22.1. The van der Waals surface area contributed by atoms with E-state index >= 15 is 0 Å². The van der Waals surface area contributed by atoms with Crippen LogP contribution in [0.1, 0.15) is 74.5 Å². The first kappa shape index (κ1) is 23.2. The molecule has 2 aromatic rings. The lowest BCUT2D eigenvalue weighted by Crippen LogP contribution is -2.35. The second kappa shape index (κ2) is 11.8. The Morgan fingerprint density at radius 1 is 0.935 bits per heavy atom. The number of aryl methyl sites for hydroxylation is 2. The van der Waals surface area contributed by atoms with Crippen LogP contribution in [0.3, 0.4) is 0 Å². The van der Waals surface area contributed by atoms with Gasteiger partial charge in [-0.3, -0.25) is 4.79 Å². The van der Waals surface area contributed by atoms with E-state index in [1.807, 2.05) is 13.0 Å². The Labute approximate surface area is 187 Å². The van der Waals surface area contributed by atoms with Crippen LogP contribution in [0.25, 0.3) is 0 Å². The van der Waals surface area contributed by atoms with Gasteiger partial charge in [0.25, 0.3) is 0 Å². The molecular weight excluding hydrogens is 384 g/mol. The van der Waals surface area contributed by atoms with E-state index in [4.69, 9.17) is 4.98 Å². The minimum atomic E-state index is 0.318. The molecule has 0 radical (unpaired) electrons. The molecule has 0 saturated carbocycles. The largest absolute Gasteiger partial charge is 0.354 e. The third kappa shape index (κ3) is 6.78. The lowest BCUT2D eigenvalue weighted by atomic mass is 10.0. The maximum Gasteiger partial charge on any atom is 0.222 e. The number of nitrogens with zero attached hydrogens (tertiary/aromatic N) is 4. The van der Waals surface area contributed by atoms with Crippen LogP contribution in [0.15, 0.2) is 30.3 Å². The van der Waals surface area contributed by atoms with E-state index in [9.17, 15) is 4.79 Å². The van der Waals surface area contributed by atoms with Gasteiger partial charge in [0.15, 0.2) is 0 Å². The van der Waals surface area contributed by atoms with Crippen molar-refractivity contribution in [3.05, 3.63) is 53.0 Å². The number of aromatic nitrogens is 2. The van der Waals surface area contributed by atoms with E-state index in [1.165, 1.54) is 36.8 Å². The van der Waals surface area contributed by atoms with Crippen molar-refractivity contribution in [2.45, 2.75) is 72.1 Å². The van der Waals surface area contributed by atoms with Gasteiger partial charge in [-0.05, 0) is 32.3 Å². The molecule has 1 fully saturated rings. The van der Waals surface area contributed by atoms with Crippen LogP contribution in [-0.4, -0.2) is 47.0 Å². The average Bonchev–Trinajstić information content (AvgIpc) is 3.02. The number of hydrogen-bond donors (Lipinski definition) is 0. The van der Waals surface area contributed by atoms with Gasteiger partial charge in [-0.1, -0.05) is 62.9 Å².